The SMILES string of the molecule is C=CCOc1cccc(NCC(=O)Nc2ccccc2OCC=C)c1. The molecule has 0 bridgehead atoms. The van der Waals surface area contributed by atoms with Crippen LogP contribution < -0.4 is 20.1 Å². The molecule has 0 aliphatic rings. The van der Waals surface area contributed by atoms with Crippen LogP contribution in [-0.4, -0.2) is 25.7 Å². The van der Waals surface area contributed by atoms with Crippen molar-refractivity contribution in [2.75, 3.05) is 30.4 Å². The van der Waals surface area contributed by atoms with Gasteiger partial charge in [0.15, 0.2) is 0 Å². The number of anilines is 2. The third kappa shape index (κ3) is 6.06. The molecule has 1 amide bonds. The van der Waals surface area contributed by atoms with Gasteiger partial charge >= 0.3 is 0 Å². The Morgan fingerprint density at radius 2 is 1.76 bits per heavy atom. The molecule has 2 rings (SSSR count). The maximum Gasteiger partial charge on any atom is 0.243 e. The van der Waals surface area contributed by atoms with Crippen LogP contribution >= 0.6 is 0 Å². The minimum absolute atomic E-state index is 0.126. The second-order valence-corrected chi connectivity index (χ2v) is 5.13. The zero-order chi connectivity index (χ0) is 17.9. The predicted molar refractivity (Wildman–Crippen MR) is 101 cm³/mol. The highest BCUT2D eigenvalue weighted by molar-refractivity contribution is 5.95. The predicted octanol–water partition coefficient (Wildman–Crippen LogP) is 3.87. The number of hydrogen-bond donors (Lipinski definition) is 2. The first-order chi connectivity index (χ1) is 12.2. The Bertz CT molecular complexity index is 728. The number of benzene rings is 2. The molecular formula is C20H22N2O3. The van der Waals surface area contributed by atoms with Gasteiger partial charge in [0, 0.05) is 11.8 Å². The molecule has 0 spiro atoms. The van der Waals surface area contributed by atoms with Crippen LogP contribution in [-0.2, 0) is 4.79 Å². The molecule has 5 heteroatoms. The number of carbonyl (C=O) groups is 1. The molecule has 25 heavy (non-hydrogen) atoms. The zero-order valence-corrected chi connectivity index (χ0v) is 14.0. The fourth-order valence-corrected chi connectivity index (χ4v) is 2.07. The third-order valence-corrected chi connectivity index (χ3v) is 3.17. The van der Waals surface area contributed by atoms with E-state index < -0.39 is 0 Å². The Labute approximate surface area is 148 Å². The number of rotatable bonds is 10. The average molecular weight is 338 g/mol. The molecule has 2 aromatic carbocycles. The molecule has 0 unspecified atom stereocenters. The molecule has 0 aromatic heterocycles. The fourth-order valence-electron chi connectivity index (χ4n) is 2.07. The third-order valence-electron chi connectivity index (χ3n) is 3.17. The highest BCUT2D eigenvalue weighted by Gasteiger charge is 2.07. The Morgan fingerprint density at radius 3 is 2.56 bits per heavy atom. The van der Waals surface area contributed by atoms with Crippen molar-refractivity contribution in [2.24, 2.45) is 0 Å². The number of para-hydroxylation sites is 2. The van der Waals surface area contributed by atoms with E-state index in [-0.39, 0.29) is 12.5 Å². The first-order valence-electron chi connectivity index (χ1n) is 7.93. The molecule has 0 fully saturated rings. The first-order valence-corrected chi connectivity index (χ1v) is 7.93. The number of amides is 1. The van der Waals surface area contributed by atoms with Crippen LogP contribution in [0.3, 0.4) is 0 Å². The van der Waals surface area contributed by atoms with Gasteiger partial charge in [0.2, 0.25) is 5.91 Å². The average Bonchev–Trinajstić information content (AvgIpc) is 2.64. The summed E-state index contributed by atoms with van der Waals surface area (Å²) < 4.78 is 11.0. The number of hydrogen-bond acceptors (Lipinski definition) is 4. The molecule has 130 valence electrons. The van der Waals surface area contributed by atoms with E-state index in [1.165, 1.54) is 0 Å². The number of carbonyl (C=O) groups excluding carboxylic acids is 1. The lowest BCUT2D eigenvalue weighted by Crippen LogP contribution is -2.22. The van der Waals surface area contributed by atoms with Gasteiger partial charge in [0.25, 0.3) is 0 Å². The van der Waals surface area contributed by atoms with Gasteiger partial charge < -0.3 is 20.1 Å². The standard InChI is InChI=1S/C20H22N2O3/c1-3-12-24-17-9-7-8-16(14-17)21-15-20(23)22-18-10-5-6-11-19(18)25-13-4-2/h3-11,14,21H,1-2,12-13,15H2,(H,22,23). The van der Waals surface area contributed by atoms with E-state index >= 15 is 0 Å². The monoisotopic (exact) mass is 338 g/mol. The lowest BCUT2D eigenvalue weighted by atomic mass is 10.3. The smallest absolute Gasteiger partial charge is 0.243 e. The maximum atomic E-state index is 12.2. The number of nitrogens with one attached hydrogen (secondary N) is 2. The summed E-state index contributed by atoms with van der Waals surface area (Å²) in [5.41, 5.74) is 1.42. The van der Waals surface area contributed by atoms with Crippen molar-refractivity contribution in [2.45, 2.75) is 0 Å². The largest absolute Gasteiger partial charge is 0.489 e. The van der Waals surface area contributed by atoms with Crippen molar-refractivity contribution < 1.29 is 14.3 Å². The van der Waals surface area contributed by atoms with E-state index in [2.05, 4.69) is 23.8 Å². The van der Waals surface area contributed by atoms with Crippen LogP contribution in [0.5, 0.6) is 11.5 Å². The Kier molecular flexibility index (Phi) is 7.13. The van der Waals surface area contributed by atoms with Crippen LogP contribution in [0.4, 0.5) is 11.4 Å². The Morgan fingerprint density at radius 1 is 1.00 bits per heavy atom. The highest BCUT2D eigenvalue weighted by atomic mass is 16.5. The van der Waals surface area contributed by atoms with Crippen molar-refractivity contribution in [1.82, 2.24) is 0 Å². The van der Waals surface area contributed by atoms with E-state index in [4.69, 9.17) is 9.47 Å². The van der Waals surface area contributed by atoms with E-state index in [1.807, 2.05) is 36.4 Å². The summed E-state index contributed by atoms with van der Waals surface area (Å²) in [6.45, 7) is 8.17. The zero-order valence-electron chi connectivity index (χ0n) is 14.0. The molecule has 0 radical (unpaired) electrons. The minimum Gasteiger partial charge on any atom is -0.489 e. The highest BCUT2D eigenvalue weighted by Crippen LogP contribution is 2.23. The summed E-state index contributed by atoms with van der Waals surface area (Å²) in [6.07, 6.45) is 3.33. The molecule has 2 aromatic rings. The van der Waals surface area contributed by atoms with Crippen molar-refractivity contribution in [3.8, 4) is 11.5 Å². The topological polar surface area (TPSA) is 59.6 Å². The van der Waals surface area contributed by atoms with Gasteiger partial charge in [-0.1, -0.05) is 43.5 Å². The molecule has 0 heterocycles. The summed E-state index contributed by atoms with van der Waals surface area (Å²) in [5, 5.41) is 5.90. The summed E-state index contributed by atoms with van der Waals surface area (Å²) in [7, 11) is 0. The minimum atomic E-state index is -0.174. The summed E-state index contributed by atoms with van der Waals surface area (Å²) in [6, 6.07) is 14.7. The van der Waals surface area contributed by atoms with Gasteiger partial charge in [0.1, 0.15) is 24.7 Å². The molecule has 0 atom stereocenters. The molecular weight excluding hydrogens is 316 g/mol. The van der Waals surface area contributed by atoms with Gasteiger partial charge in [0.05, 0.1) is 12.2 Å². The lowest BCUT2D eigenvalue weighted by molar-refractivity contribution is -0.114. The van der Waals surface area contributed by atoms with Crippen molar-refractivity contribution in [1.29, 1.82) is 0 Å². The van der Waals surface area contributed by atoms with Gasteiger partial charge in [-0.3, -0.25) is 4.79 Å². The van der Waals surface area contributed by atoms with Crippen LogP contribution in [0.25, 0.3) is 0 Å². The molecule has 2 N–H and O–H groups in total. The van der Waals surface area contributed by atoms with Crippen molar-refractivity contribution >= 4 is 17.3 Å². The summed E-state index contributed by atoms with van der Waals surface area (Å²) in [5.74, 6) is 1.15. The van der Waals surface area contributed by atoms with Gasteiger partial charge in [-0.05, 0) is 24.3 Å². The molecule has 0 saturated carbocycles. The van der Waals surface area contributed by atoms with E-state index in [1.54, 1.807) is 24.3 Å². The van der Waals surface area contributed by atoms with Crippen molar-refractivity contribution in [3.05, 3.63) is 73.8 Å². The van der Waals surface area contributed by atoms with Crippen LogP contribution in [0, 0.1) is 0 Å². The first kappa shape index (κ1) is 18.1. The van der Waals surface area contributed by atoms with Crippen LogP contribution in [0.1, 0.15) is 0 Å². The Balaban J connectivity index is 1.91. The normalized spacial score (nSPS) is 9.76. The summed E-state index contributed by atoms with van der Waals surface area (Å²) >= 11 is 0. The second kappa shape index (κ2) is 9.82. The Hall–Kier alpha value is -3.21. The fraction of sp³-hybridized carbons (Fsp3) is 0.150. The summed E-state index contributed by atoms with van der Waals surface area (Å²) in [4.78, 5) is 12.2. The van der Waals surface area contributed by atoms with Crippen molar-refractivity contribution in [3.63, 3.8) is 0 Å². The van der Waals surface area contributed by atoms with Gasteiger partial charge in [-0.15, -0.1) is 0 Å². The molecule has 5 nitrogen and oxygen atoms in total. The van der Waals surface area contributed by atoms with Crippen LogP contribution in [0.2, 0.25) is 0 Å². The lowest BCUT2D eigenvalue weighted by Gasteiger charge is -2.12. The van der Waals surface area contributed by atoms with E-state index in [9.17, 15) is 4.79 Å². The second-order valence-electron chi connectivity index (χ2n) is 5.13. The maximum absolute atomic E-state index is 12.2. The van der Waals surface area contributed by atoms with Crippen LogP contribution in [0.15, 0.2) is 73.8 Å². The molecule has 0 aliphatic carbocycles. The molecule has 0 aliphatic heterocycles. The van der Waals surface area contributed by atoms with E-state index in [0.717, 1.165) is 5.69 Å². The molecule has 0 saturated heterocycles. The number of ether oxygens (including phenoxy) is 2. The van der Waals surface area contributed by atoms with Gasteiger partial charge in [-0.25, -0.2) is 0 Å². The quantitative estimate of drug-likeness (QED) is 0.646. The van der Waals surface area contributed by atoms with E-state index in [0.29, 0.717) is 30.4 Å². The van der Waals surface area contributed by atoms with Gasteiger partial charge in [-0.2, -0.15) is 0 Å².